The highest BCUT2D eigenvalue weighted by atomic mass is 79.9. The molecule has 1 aliphatic rings. The lowest BCUT2D eigenvalue weighted by Crippen LogP contribution is -2.27. The molecule has 0 aromatic heterocycles. The second-order valence-corrected chi connectivity index (χ2v) is 7.33. The van der Waals surface area contributed by atoms with E-state index in [1.807, 2.05) is 6.07 Å². The van der Waals surface area contributed by atoms with Crippen molar-refractivity contribution in [1.29, 1.82) is 0 Å². The number of hydrogen-bond donors (Lipinski definition) is 0. The molecule has 0 saturated carbocycles. The van der Waals surface area contributed by atoms with Crippen LogP contribution in [0.4, 0.5) is 10.5 Å². The summed E-state index contributed by atoms with van der Waals surface area (Å²) in [5.41, 5.74) is 1.26. The number of anilines is 1. The second kappa shape index (κ2) is 8.45. The zero-order valence-corrected chi connectivity index (χ0v) is 16.9. The van der Waals surface area contributed by atoms with E-state index in [1.54, 1.807) is 48.6 Å². The first kappa shape index (κ1) is 19.3. The van der Waals surface area contributed by atoms with Crippen molar-refractivity contribution in [3.05, 3.63) is 70.1 Å². The molecule has 0 bridgehead atoms. The SMILES string of the molecule is C=CCOc1c(Br)cc(/C=C2\SC(=O)N(c3ccccc3)C2=O)cc1OC. The molecule has 1 fully saturated rings. The van der Waals surface area contributed by atoms with Crippen LogP contribution in [0, 0.1) is 0 Å². The molecule has 2 aromatic carbocycles. The predicted molar refractivity (Wildman–Crippen MR) is 111 cm³/mol. The van der Waals surface area contributed by atoms with Crippen LogP contribution in [0.2, 0.25) is 0 Å². The van der Waals surface area contributed by atoms with Crippen LogP contribution in [0.3, 0.4) is 0 Å². The van der Waals surface area contributed by atoms with E-state index < -0.39 is 0 Å². The maximum Gasteiger partial charge on any atom is 0.298 e. The van der Waals surface area contributed by atoms with E-state index in [0.29, 0.717) is 38.7 Å². The Balaban J connectivity index is 1.93. The van der Waals surface area contributed by atoms with Crippen molar-refractivity contribution in [2.24, 2.45) is 0 Å². The molecule has 1 saturated heterocycles. The van der Waals surface area contributed by atoms with E-state index in [-0.39, 0.29) is 11.1 Å². The molecule has 0 spiro atoms. The van der Waals surface area contributed by atoms with Crippen LogP contribution in [0.15, 0.2) is 64.5 Å². The summed E-state index contributed by atoms with van der Waals surface area (Å²) in [7, 11) is 1.54. The number of rotatable bonds is 6. The summed E-state index contributed by atoms with van der Waals surface area (Å²) in [6, 6.07) is 12.4. The van der Waals surface area contributed by atoms with Crippen molar-refractivity contribution < 1.29 is 19.1 Å². The number of imide groups is 1. The molecule has 1 aliphatic heterocycles. The van der Waals surface area contributed by atoms with Gasteiger partial charge in [-0.3, -0.25) is 9.59 Å². The van der Waals surface area contributed by atoms with E-state index in [2.05, 4.69) is 22.5 Å². The third-order valence-electron chi connectivity index (χ3n) is 3.70. The van der Waals surface area contributed by atoms with Gasteiger partial charge in [0.25, 0.3) is 11.1 Å². The van der Waals surface area contributed by atoms with Crippen LogP contribution < -0.4 is 14.4 Å². The highest BCUT2D eigenvalue weighted by molar-refractivity contribution is 9.10. The Bertz CT molecular complexity index is 927. The third-order valence-corrected chi connectivity index (χ3v) is 5.16. The number of carbonyl (C=O) groups is 2. The van der Waals surface area contributed by atoms with Gasteiger partial charge in [0.15, 0.2) is 11.5 Å². The van der Waals surface area contributed by atoms with Crippen molar-refractivity contribution in [3.63, 3.8) is 0 Å². The highest BCUT2D eigenvalue weighted by Crippen LogP contribution is 2.40. The van der Waals surface area contributed by atoms with Gasteiger partial charge in [0.1, 0.15) is 6.61 Å². The van der Waals surface area contributed by atoms with Gasteiger partial charge >= 0.3 is 0 Å². The Hall–Kier alpha value is -2.51. The molecule has 7 heteroatoms. The number of halogens is 1. The van der Waals surface area contributed by atoms with Crippen molar-refractivity contribution in [2.75, 3.05) is 18.6 Å². The van der Waals surface area contributed by atoms with Crippen molar-refractivity contribution >= 4 is 50.6 Å². The summed E-state index contributed by atoms with van der Waals surface area (Å²) in [5, 5.41) is -0.325. The maximum atomic E-state index is 12.7. The Morgan fingerprint density at radius 3 is 2.63 bits per heavy atom. The second-order valence-electron chi connectivity index (χ2n) is 5.49. The maximum absolute atomic E-state index is 12.7. The van der Waals surface area contributed by atoms with Gasteiger partial charge in [-0.25, -0.2) is 4.90 Å². The van der Waals surface area contributed by atoms with E-state index in [9.17, 15) is 9.59 Å². The number of para-hydroxylation sites is 1. The number of benzene rings is 2. The zero-order chi connectivity index (χ0) is 19.4. The molecule has 138 valence electrons. The summed E-state index contributed by atoms with van der Waals surface area (Å²) < 4.78 is 11.7. The minimum atomic E-state index is -0.349. The van der Waals surface area contributed by atoms with Gasteiger partial charge in [0, 0.05) is 0 Å². The fraction of sp³-hybridized carbons (Fsp3) is 0.100. The van der Waals surface area contributed by atoms with Crippen LogP contribution >= 0.6 is 27.7 Å². The zero-order valence-electron chi connectivity index (χ0n) is 14.5. The first-order chi connectivity index (χ1) is 13.0. The number of methoxy groups -OCH3 is 1. The van der Waals surface area contributed by atoms with Crippen molar-refractivity contribution in [3.8, 4) is 11.5 Å². The van der Waals surface area contributed by atoms with Gasteiger partial charge in [-0.05, 0) is 63.6 Å². The normalized spacial score (nSPS) is 15.3. The average Bonchev–Trinajstić information content (AvgIpc) is 2.94. The van der Waals surface area contributed by atoms with Crippen molar-refractivity contribution in [2.45, 2.75) is 0 Å². The number of thioether (sulfide) groups is 1. The molecule has 0 N–H and O–H groups in total. The molecule has 1 heterocycles. The monoisotopic (exact) mass is 445 g/mol. The van der Waals surface area contributed by atoms with Crippen LogP contribution in [0.1, 0.15) is 5.56 Å². The molecule has 27 heavy (non-hydrogen) atoms. The molecule has 3 rings (SSSR count). The standard InChI is InChI=1S/C20H16BrNO4S/c1-3-9-26-18-15(21)10-13(11-16(18)25-2)12-17-19(23)22(20(24)27-17)14-7-5-4-6-8-14/h3-8,10-12H,1,9H2,2H3/b17-12-. The Morgan fingerprint density at radius 2 is 1.96 bits per heavy atom. The van der Waals surface area contributed by atoms with Crippen molar-refractivity contribution in [1.82, 2.24) is 0 Å². The number of nitrogens with zero attached hydrogens (tertiary/aromatic N) is 1. The number of amides is 2. The molecular formula is C20H16BrNO4S. The lowest BCUT2D eigenvalue weighted by atomic mass is 10.1. The Morgan fingerprint density at radius 1 is 1.22 bits per heavy atom. The van der Waals surface area contributed by atoms with Gasteiger partial charge in [-0.2, -0.15) is 0 Å². The number of carbonyl (C=O) groups excluding carboxylic acids is 2. The lowest BCUT2D eigenvalue weighted by molar-refractivity contribution is -0.113. The molecule has 0 atom stereocenters. The van der Waals surface area contributed by atoms with Crippen LogP contribution in [0.5, 0.6) is 11.5 Å². The van der Waals surface area contributed by atoms with E-state index in [0.717, 1.165) is 11.8 Å². The van der Waals surface area contributed by atoms with E-state index in [1.165, 1.54) is 12.0 Å². The average molecular weight is 446 g/mol. The topological polar surface area (TPSA) is 55.8 Å². The molecular weight excluding hydrogens is 430 g/mol. The summed E-state index contributed by atoms with van der Waals surface area (Å²) >= 11 is 4.36. The smallest absolute Gasteiger partial charge is 0.298 e. The molecule has 0 radical (unpaired) electrons. The number of ether oxygens (including phenoxy) is 2. The fourth-order valence-corrected chi connectivity index (χ4v) is 3.94. The quantitative estimate of drug-likeness (QED) is 0.448. The molecule has 0 unspecified atom stereocenters. The minimum absolute atomic E-state index is 0.325. The van der Waals surface area contributed by atoms with Crippen LogP contribution in [-0.4, -0.2) is 24.9 Å². The third kappa shape index (κ3) is 4.09. The Labute approximate surface area is 169 Å². The van der Waals surface area contributed by atoms with Gasteiger partial charge in [0.2, 0.25) is 0 Å². The summed E-state index contributed by atoms with van der Waals surface area (Å²) in [6.45, 7) is 3.96. The van der Waals surface area contributed by atoms with Crippen LogP contribution in [0.25, 0.3) is 6.08 Å². The summed E-state index contributed by atoms with van der Waals surface area (Å²) in [4.78, 5) is 26.5. The number of hydrogen-bond acceptors (Lipinski definition) is 5. The van der Waals surface area contributed by atoms with Gasteiger partial charge in [-0.1, -0.05) is 30.9 Å². The molecule has 5 nitrogen and oxygen atoms in total. The lowest BCUT2D eigenvalue weighted by Gasteiger charge is -2.13. The van der Waals surface area contributed by atoms with Gasteiger partial charge < -0.3 is 9.47 Å². The largest absolute Gasteiger partial charge is 0.493 e. The molecule has 0 aliphatic carbocycles. The van der Waals surface area contributed by atoms with Gasteiger partial charge in [0.05, 0.1) is 22.2 Å². The first-order valence-electron chi connectivity index (χ1n) is 7.99. The summed E-state index contributed by atoms with van der Waals surface area (Å²) in [5.74, 6) is 0.713. The van der Waals surface area contributed by atoms with E-state index in [4.69, 9.17) is 9.47 Å². The summed E-state index contributed by atoms with van der Waals surface area (Å²) in [6.07, 6.45) is 3.30. The minimum Gasteiger partial charge on any atom is -0.493 e. The fourth-order valence-electron chi connectivity index (χ4n) is 2.52. The van der Waals surface area contributed by atoms with Crippen LogP contribution in [-0.2, 0) is 4.79 Å². The first-order valence-corrected chi connectivity index (χ1v) is 9.60. The predicted octanol–water partition coefficient (Wildman–Crippen LogP) is 5.26. The molecule has 2 aromatic rings. The highest BCUT2D eigenvalue weighted by Gasteiger charge is 2.36. The molecule has 2 amide bonds. The van der Waals surface area contributed by atoms with E-state index >= 15 is 0 Å². The Kier molecular flexibility index (Phi) is 6.03. The van der Waals surface area contributed by atoms with Gasteiger partial charge in [-0.15, -0.1) is 0 Å².